The first-order valence-electron chi connectivity index (χ1n) is 7.37. The number of urea groups is 1. The van der Waals surface area contributed by atoms with Crippen LogP contribution < -0.4 is 10.6 Å². The molecule has 1 aromatic carbocycles. The van der Waals surface area contributed by atoms with E-state index >= 15 is 0 Å². The Morgan fingerprint density at radius 2 is 2.17 bits per heavy atom. The monoisotopic (exact) mass is 332 g/mol. The van der Waals surface area contributed by atoms with E-state index in [0.717, 1.165) is 11.3 Å². The van der Waals surface area contributed by atoms with Crippen LogP contribution in [-0.4, -0.2) is 33.3 Å². The second-order valence-corrected chi connectivity index (χ2v) is 6.34. The number of benzene rings is 1. The van der Waals surface area contributed by atoms with Crippen LogP contribution in [0, 0.1) is 6.92 Å². The number of hydrogen-bond donors (Lipinski definition) is 2. The Morgan fingerprint density at radius 3 is 2.87 bits per heavy atom. The average molecular weight is 332 g/mol. The van der Waals surface area contributed by atoms with Crippen molar-refractivity contribution in [2.45, 2.75) is 31.2 Å². The highest BCUT2D eigenvalue weighted by Gasteiger charge is 2.19. The van der Waals surface area contributed by atoms with Crippen LogP contribution in [0.15, 0.2) is 41.8 Å². The smallest absolute Gasteiger partial charge is 0.321 e. The van der Waals surface area contributed by atoms with Gasteiger partial charge in [-0.15, -0.1) is 0 Å². The van der Waals surface area contributed by atoms with Crippen LogP contribution >= 0.6 is 11.8 Å². The summed E-state index contributed by atoms with van der Waals surface area (Å²) in [6.07, 6.45) is 3.55. The van der Waals surface area contributed by atoms with Gasteiger partial charge in [-0.25, -0.2) is 9.78 Å². The number of aromatic nitrogens is 2. The number of nitrogens with zero attached hydrogens (tertiary/aromatic N) is 2. The molecule has 122 valence electrons. The van der Waals surface area contributed by atoms with Crippen LogP contribution in [0.25, 0.3) is 5.69 Å². The van der Waals surface area contributed by atoms with E-state index in [1.165, 1.54) is 11.8 Å². The van der Waals surface area contributed by atoms with Crippen molar-refractivity contribution in [1.29, 1.82) is 0 Å². The van der Waals surface area contributed by atoms with Gasteiger partial charge in [0.1, 0.15) is 0 Å². The Kier molecular flexibility index (Phi) is 5.81. The molecule has 2 N–H and O–H groups in total. The van der Waals surface area contributed by atoms with Crippen LogP contribution in [0.1, 0.15) is 19.4 Å². The summed E-state index contributed by atoms with van der Waals surface area (Å²) in [6, 6.07) is 7.55. The van der Waals surface area contributed by atoms with Gasteiger partial charge in [-0.05, 0) is 38.5 Å². The molecule has 3 amide bonds. The fourth-order valence-corrected chi connectivity index (χ4v) is 2.86. The van der Waals surface area contributed by atoms with Crippen molar-refractivity contribution in [3.8, 4) is 5.69 Å². The Labute approximate surface area is 139 Å². The summed E-state index contributed by atoms with van der Waals surface area (Å²) < 4.78 is 1.92. The minimum absolute atomic E-state index is 0.347. The molecule has 2 rings (SSSR count). The zero-order chi connectivity index (χ0) is 16.8. The summed E-state index contributed by atoms with van der Waals surface area (Å²) in [7, 11) is 0. The first-order chi connectivity index (χ1) is 11.0. The predicted molar refractivity (Wildman–Crippen MR) is 90.8 cm³/mol. The first-order valence-corrected chi connectivity index (χ1v) is 8.25. The van der Waals surface area contributed by atoms with Crippen LogP contribution in [-0.2, 0) is 4.79 Å². The zero-order valence-corrected chi connectivity index (χ0v) is 14.2. The summed E-state index contributed by atoms with van der Waals surface area (Å²) >= 11 is 1.31. The molecule has 0 saturated carbocycles. The highest BCUT2D eigenvalue weighted by Crippen LogP contribution is 2.24. The summed E-state index contributed by atoms with van der Waals surface area (Å²) in [6.45, 7) is 6.03. The topological polar surface area (TPSA) is 76.0 Å². The molecule has 0 saturated heterocycles. The van der Waals surface area contributed by atoms with Gasteiger partial charge >= 0.3 is 6.03 Å². The van der Waals surface area contributed by atoms with Gasteiger partial charge in [0.2, 0.25) is 5.91 Å². The number of aryl methyl sites for hydroxylation is 1. The molecule has 1 heterocycles. The van der Waals surface area contributed by atoms with Crippen molar-refractivity contribution in [2.75, 3.05) is 6.54 Å². The second-order valence-electron chi connectivity index (χ2n) is 5.03. The van der Waals surface area contributed by atoms with Crippen LogP contribution in [0.3, 0.4) is 0 Å². The van der Waals surface area contributed by atoms with E-state index in [-0.39, 0.29) is 5.91 Å². The molecule has 2 aromatic rings. The normalized spacial score (nSPS) is 11.8. The Morgan fingerprint density at radius 1 is 1.39 bits per heavy atom. The number of amides is 3. The largest absolute Gasteiger partial charge is 0.338 e. The number of carbonyl (C=O) groups excluding carboxylic acids is 2. The molecule has 0 spiro atoms. The lowest BCUT2D eigenvalue weighted by Crippen LogP contribution is -2.42. The molecular formula is C16H20N4O2S. The van der Waals surface area contributed by atoms with Crippen molar-refractivity contribution < 1.29 is 9.59 Å². The average Bonchev–Trinajstić information content (AvgIpc) is 2.95. The highest BCUT2D eigenvalue weighted by molar-refractivity contribution is 8.00. The predicted octanol–water partition coefficient (Wildman–Crippen LogP) is 2.51. The molecule has 0 unspecified atom stereocenters. The number of imide groups is 1. The van der Waals surface area contributed by atoms with Gasteiger partial charge in [-0.2, -0.15) is 0 Å². The third-order valence-corrected chi connectivity index (χ3v) is 4.19. The molecule has 0 aliphatic rings. The zero-order valence-electron chi connectivity index (χ0n) is 13.4. The van der Waals surface area contributed by atoms with E-state index in [1.807, 2.05) is 42.0 Å². The number of hydrogen-bond acceptors (Lipinski definition) is 4. The molecule has 0 fully saturated rings. The standard InChI is InChI=1S/C16H20N4O2S/c1-4-17-15(22)19-14(21)12(3)23-16-18-8-9-20(16)13-7-5-6-11(2)10-13/h5-10,12H,4H2,1-3H3,(H2,17,19,21,22)/t12-/m1/s1. The number of rotatable bonds is 5. The van der Waals surface area contributed by atoms with Gasteiger partial charge < -0.3 is 5.32 Å². The molecule has 6 nitrogen and oxygen atoms in total. The van der Waals surface area contributed by atoms with Gasteiger partial charge in [0.15, 0.2) is 5.16 Å². The van der Waals surface area contributed by atoms with E-state index in [1.54, 1.807) is 20.0 Å². The maximum Gasteiger partial charge on any atom is 0.321 e. The number of imidazole rings is 1. The van der Waals surface area contributed by atoms with Crippen molar-refractivity contribution in [1.82, 2.24) is 20.2 Å². The summed E-state index contributed by atoms with van der Waals surface area (Å²) in [4.78, 5) is 27.7. The molecule has 7 heteroatoms. The van der Waals surface area contributed by atoms with E-state index in [4.69, 9.17) is 0 Å². The van der Waals surface area contributed by atoms with Gasteiger partial charge in [-0.1, -0.05) is 23.9 Å². The molecule has 0 aliphatic carbocycles. The maximum absolute atomic E-state index is 12.0. The SMILES string of the molecule is CCNC(=O)NC(=O)[C@@H](C)Sc1nccn1-c1cccc(C)c1. The van der Waals surface area contributed by atoms with Crippen molar-refractivity contribution in [3.05, 3.63) is 42.2 Å². The number of carbonyl (C=O) groups is 2. The Balaban J connectivity index is 2.08. The second kappa shape index (κ2) is 7.82. The lowest BCUT2D eigenvalue weighted by Gasteiger charge is -2.13. The summed E-state index contributed by atoms with van der Waals surface area (Å²) in [5.41, 5.74) is 2.13. The fourth-order valence-electron chi connectivity index (χ4n) is 1.98. The number of thioether (sulfide) groups is 1. The highest BCUT2D eigenvalue weighted by atomic mass is 32.2. The maximum atomic E-state index is 12.0. The van der Waals surface area contributed by atoms with E-state index < -0.39 is 11.3 Å². The third kappa shape index (κ3) is 4.59. The van der Waals surface area contributed by atoms with Crippen molar-refractivity contribution in [3.63, 3.8) is 0 Å². The van der Waals surface area contributed by atoms with Crippen LogP contribution in [0.2, 0.25) is 0 Å². The Hall–Kier alpha value is -2.28. The van der Waals surface area contributed by atoms with Crippen LogP contribution in [0.5, 0.6) is 0 Å². The molecule has 0 radical (unpaired) electrons. The molecule has 1 atom stereocenters. The third-order valence-electron chi connectivity index (χ3n) is 3.11. The lowest BCUT2D eigenvalue weighted by molar-refractivity contribution is -0.119. The summed E-state index contributed by atoms with van der Waals surface area (Å²) in [5.74, 6) is -0.347. The first kappa shape index (κ1) is 17.1. The molecule has 0 aliphatic heterocycles. The Bertz CT molecular complexity index is 699. The molecule has 23 heavy (non-hydrogen) atoms. The molecule has 0 bridgehead atoms. The molecular weight excluding hydrogens is 312 g/mol. The van der Waals surface area contributed by atoms with E-state index in [0.29, 0.717) is 11.7 Å². The van der Waals surface area contributed by atoms with Gasteiger partial charge in [-0.3, -0.25) is 14.7 Å². The minimum atomic E-state index is -0.480. The van der Waals surface area contributed by atoms with E-state index in [9.17, 15) is 9.59 Å². The van der Waals surface area contributed by atoms with Gasteiger partial charge in [0.05, 0.1) is 5.25 Å². The minimum Gasteiger partial charge on any atom is -0.338 e. The lowest BCUT2D eigenvalue weighted by atomic mass is 10.2. The van der Waals surface area contributed by atoms with E-state index in [2.05, 4.69) is 15.6 Å². The summed E-state index contributed by atoms with van der Waals surface area (Å²) in [5, 5.41) is 5.11. The van der Waals surface area contributed by atoms with Crippen LogP contribution in [0.4, 0.5) is 4.79 Å². The van der Waals surface area contributed by atoms with Crippen molar-refractivity contribution >= 4 is 23.7 Å². The van der Waals surface area contributed by atoms with Gasteiger partial charge in [0.25, 0.3) is 0 Å². The van der Waals surface area contributed by atoms with Gasteiger partial charge in [0, 0.05) is 24.6 Å². The number of nitrogens with one attached hydrogen (secondary N) is 2. The van der Waals surface area contributed by atoms with Crippen molar-refractivity contribution in [2.24, 2.45) is 0 Å². The fraction of sp³-hybridized carbons (Fsp3) is 0.312. The molecule has 1 aromatic heterocycles. The quantitative estimate of drug-likeness (QED) is 0.825.